The summed E-state index contributed by atoms with van der Waals surface area (Å²) in [7, 11) is 1.08. The molecule has 3 atom stereocenters. The van der Waals surface area contributed by atoms with E-state index in [9.17, 15) is 24.2 Å². The van der Waals surface area contributed by atoms with Gasteiger partial charge in [0.15, 0.2) is 6.10 Å². The van der Waals surface area contributed by atoms with Crippen LogP contribution in [-0.2, 0) is 32.7 Å². The standard InChI is InChI=1S/C50H86NO9P/c1-6-8-10-12-14-15-16-17-18-19-20-21-22-27-30-34-38-42-50(54)60-48(46-59-61(55,56)58-44-43-51(3,4)5)45-57-49(53)41-37-33-29-26-24-23-25-28-32-36-40-47(52)39-35-31-13-11-9-7-2/h9,11,17-18,23-24,28-29,31-33,35-36,40,47-48,52H,6-8,10,12-16,19-22,25-27,30,34,37-39,41-46H2,1-5H3/b11-9-,18-17-,24-23-,32-28-,33-29-,35-31-,40-36+/t47?,48-/m1/s1. The van der Waals surface area contributed by atoms with Gasteiger partial charge in [-0.25, -0.2) is 0 Å². The zero-order valence-electron chi connectivity index (χ0n) is 38.9. The first-order valence-electron chi connectivity index (χ1n) is 23.4. The molecule has 0 fully saturated rings. The SMILES string of the molecule is CC/C=C\C/C=C\CC(O)/C=C/C=C\C/C=C\C/C=C\CCC(=O)OC[C@H](COP(=O)([O-])OCC[N+](C)(C)C)OC(=O)CCCCCCCCC/C=C\CCCCCCCC. The van der Waals surface area contributed by atoms with Gasteiger partial charge in [0.05, 0.1) is 33.9 Å². The van der Waals surface area contributed by atoms with E-state index in [1.165, 1.54) is 64.2 Å². The number of phosphoric acid groups is 1. The van der Waals surface area contributed by atoms with E-state index in [1.807, 2.05) is 69.8 Å². The highest BCUT2D eigenvalue weighted by atomic mass is 31.2. The number of nitrogens with zero attached hydrogens (tertiary/aromatic N) is 1. The highest BCUT2D eigenvalue weighted by Crippen LogP contribution is 2.38. The highest BCUT2D eigenvalue weighted by Gasteiger charge is 2.21. The van der Waals surface area contributed by atoms with Crippen LogP contribution in [0.5, 0.6) is 0 Å². The second-order valence-corrected chi connectivity index (χ2v) is 18.0. The molecule has 0 heterocycles. The number of unbranched alkanes of at least 4 members (excludes halogenated alkanes) is 13. The number of esters is 2. The van der Waals surface area contributed by atoms with Crippen LogP contribution in [0.4, 0.5) is 0 Å². The van der Waals surface area contributed by atoms with E-state index in [2.05, 4.69) is 44.2 Å². The summed E-state index contributed by atoms with van der Waals surface area (Å²) in [5, 5.41) is 10.0. The van der Waals surface area contributed by atoms with Crippen molar-refractivity contribution in [2.24, 2.45) is 0 Å². The lowest BCUT2D eigenvalue weighted by atomic mass is 10.1. The molecule has 0 aliphatic carbocycles. The Morgan fingerprint density at radius 1 is 0.623 bits per heavy atom. The number of allylic oxidation sites excluding steroid dienone is 12. The van der Waals surface area contributed by atoms with Gasteiger partial charge in [0, 0.05) is 12.8 Å². The summed E-state index contributed by atoms with van der Waals surface area (Å²) in [5.74, 6) is -0.973. The molecule has 0 amide bonds. The predicted octanol–water partition coefficient (Wildman–Crippen LogP) is 11.9. The van der Waals surface area contributed by atoms with Crippen molar-refractivity contribution in [3.05, 3.63) is 85.1 Å². The van der Waals surface area contributed by atoms with Crippen LogP contribution in [0.1, 0.15) is 162 Å². The molecule has 0 rings (SSSR count). The van der Waals surface area contributed by atoms with Crippen molar-refractivity contribution in [1.82, 2.24) is 0 Å². The molecule has 0 aromatic heterocycles. The van der Waals surface area contributed by atoms with E-state index in [-0.39, 0.29) is 26.1 Å². The van der Waals surface area contributed by atoms with Crippen LogP contribution >= 0.6 is 7.82 Å². The fourth-order valence-corrected chi connectivity index (χ4v) is 6.55. The average Bonchev–Trinajstić information content (AvgIpc) is 3.21. The van der Waals surface area contributed by atoms with Gasteiger partial charge in [0.1, 0.15) is 19.8 Å². The van der Waals surface area contributed by atoms with Crippen molar-refractivity contribution >= 4 is 19.8 Å². The summed E-state index contributed by atoms with van der Waals surface area (Å²) < 4.78 is 33.8. The molecule has 0 aliphatic heterocycles. The monoisotopic (exact) mass is 876 g/mol. The molecule has 0 spiro atoms. The molecule has 0 saturated heterocycles. The summed E-state index contributed by atoms with van der Waals surface area (Å²) in [6.07, 6.45) is 49.4. The molecular formula is C50H86NO9P. The van der Waals surface area contributed by atoms with E-state index in [4.69, 9.17) is 18.5 Å². The van der Waals surface area contributed by atoms with Crippen molar-refractivity contribution in [1.29, 1.82) is 0 Å². The lowest BCUT2D eigenvalue weighted by Crippen LogP contribution is -2.37. The van der Waals surface area contributed by atoms with Gasteiger partial charge in [-0.2, -0.15) is 0 Å². The van der Waals surface area contributed by atoms with Crippen molar-refractivity contribution in [2.45, 2.75) is 174 Å². The lowest BCUT2D eigenvalue weighted by molar-refractivity contribution is -0.870. The van der Waals surface area contributed by atoms with Crippen LogP contribution in [0.15, 0.2) is 85.1 Å². The third-order valence-electron chi connectivity index (χ3n) is 9.49. The first-order chi connectivity index (χ1) is 29.4. The fourth-order valence-electron chi connectivity index (χ4n) is 5.82. The van der Waals surface area contributed by atoms with Crippen molar-refractivity contribution < 1.29 is 47.2 Å². The molecule has 10 nitrogen and oxygen atoms in total. The van der Waals surface area contributed by atoms with Crippen molar-refractivity contribution in [3.8, 4) is 0 Å². The van der Waals surface area contributed by atoms with Crippen molar-refractivity contribution in [3.63, 3.8) is 0 Å². The Balaban J connectivity index is 4.51. The van der Waals surface area contributed by atoms with E-state index >= 15 is 0 Å². The number of likely N-dealkylation sites (N-methyl/N-ethyl adjacent to an activating group) is 1. The number of rotatable bonds is 41. The van der Waals surface area contributed by atoms with Gasteiger partial charge in [-0.3, -0.25) is 14.2 Å². The number of carbonyl (C=O) groups excluding carboxylic acids is 2. The lowest BCUT2D eigenvalue weighted by Gasteiger charge is -2.28. The number of phosphoric ester groups is 1. The number of quaternary nitrogens is 1. The number of aliphatic hydroxyl groups is 1. The maximum absolute atomic E-state index is 12.7. The first-order valence-corrected chi connectivity index (χ1v) is 24.9. The predicted molar refractivity (Wildman–Crippen MR) is 251 cm³/mol. The Kier molecular flexibility index (Phi) is 39.3. The maximum Gasteiger partial charge on any atom is 0.306 e. The molecule has 1 N–H and O–H groups in total. The molecule has 0 bridgehead atoms. The molecule has 11 heteroatoms. The maximum atomic E-state index is 12.7. The van der Waals surface area contributed by atoms with Crippen LogP contribution in [0, 0.1) is 0 Å². The minimum Gasteiger partial charge on any atom is -0.756 e. The van der Waals surface area contributed by atoms with Gasteiger partial charge in [0.25, 0.3) is 7.82 Å². The summed E-state index contributed by atoms with van der Waals surface area (Å²) in [5.41, 5.74) is 0. The molecule has 2 unspecified atom stereocenters. The van der Waals surface area contributed by atoms with Gasteiger partial charge in [-0.15, -0.1) is 0 Å². The summed E-state index contributed by atoms with van der Waals surface area (Å²) in [4.78, 5) is 37.6. The van der Waals surface area contributed by atoms with Gasteiger partial charge in [0.2, 0.25) is 0 Å². The third-order valence-corrected chi connectivity index (χ3v) is 10.5. The van der Waals surface area contributed by atoms with E-state index in [1.54, 1.807) is 6.08 Å². The molecule has 61 heavy (non-hydrogen) atoms. The second kappa shape index (κ2) is 41.2. The summed E-state index contributed by atoms with van der Waals surface area (Å²) in [6.45, 7) is 3.92. The minimum absolute atomic E-state index is 0.0553. The third kappa shape index (κ3) is 45.0. The Morgan fingerprint density at radius 2 is 1.18 bits per heavy atom. The Morgan fingerprint density at radius 3 is 1.82 bits per heavy atom. The highest BCUT2D eigenvalue weighted by molar-refractivity contribution is 7.45. The Bertz CT molecular complexity index is 1330. The zero-order chi connectivity index (χ0) is 45.1. The van der Waals surface area contributed by atoms with Crippen molar-refractivity contribution in [2.75, 3.05) is 47.5 Å². The first kappa shape index (κ1) is 58.1. The number of carbonyl (C=O) groups is 2. The van der Waals surface area contributed by atoms with Gasteiger partial charge in [-0.05, 0) is 70.6 Å². The molecule has 0 saturated carbocycles. The molecule has 0 radical (unpaired) electrons. The van der Waals surface area contributed by atoms with E-state index in [0.29, 0.717) is 30.3 Å². The van der Waals surface area contributed by atoms with Gasteiger partial charge < -0.3 is 33.0 Å². The zero-order valence-corrected chi connectivity index (χ0v) is 39.8. The van der Waals surface area contributed by atoms with Gasteiger partial charge in [-0.1, -0.05) is 163 Å². The number of ether oxygens (including phenoxy) is 2. The fraction of sp³-hybridized carbons (Fsp3) is 0.680. The van der Waals surface area contributed by atoms with Crippen LogP contribution in [0.3, 0.4) is 0 Å². The Labute approximate surface area is 372 Å². The minimum atomic E-state index is -4.66. The quantitative estimate of drug-likeness (QED) is 0.0159. The topological polar surface area (TPSA) is 131 Å². The molecule has 0 aliphatic rings. The summed E-state index contributed by atoms with van der Waals surface area (Å²) in [6, 6.07) is 0. The molecule has 0 aromatic rings. The smallest absolute Gasteiger partial charge is 0.306 e. The Hall–Kier alpha value is -2.85. The average molecular weight is 876 g/mol. The number of aliphatic hydroxyl groups excluding tert-OH is 1. The van der Waals surface area contributed by atoms with E-state index < -0.39 is 38.6 Å². The molecule has 0 aromatic carbocycles. The normalized spacial score (nSPS) is 14.8. The van der Waals surface area contributed by atoms with Crippen LogP contribution < -0.4 is 4.89 Å². The molecular weight excluding hydrogens is 790 g/mol. The van der Waals surface area contributed by atoms with E-state index in [0.717, 1.165) is 51.4 Å². The van der Waals surface area contributed by atoms with Crippen LogP contribution in [-0.4, -0.2) is 81.2 Å². The number of hydrogen-bond acceptors (Lipinski definition) is 9. The second-order valence-electron chi connectivity index (χ2n) is 16.6. The number of hydrogen-bond donors (Lipinski definition) is 1. The van der Waals surface area contributed by atoms with Crippen LogP contribution in [0.2, 0.25) is 0 Å². The largest absolute Gasteiger partial charge is 0.756 e. The van der Waals surface area contributed by atoms with Crippen LogP contribution in [0.25, 0.3) is 0 Å². The summed E-state index contributed by atoms with van der Waals surface area (Å²) >= 11 is 0. The molecule has 350 valence electrons. The van der Waals surface area contributed by atoms with Gasteiger partial charge >= 0.3 is 11.9 Å².